The van der Waals surface area contributed by atoms with Crippen molar-refractivity contribution in [3.63, 3.8) is 0 Å². The molecule has 37 heavy (non-hydrogen) atoms. The number of halogens is 1. The van der Waals surface area contributed by atoms with Crippen LogP contribution in [0.15, 0.2) is 36.4 Å². The molecule has 0 radical (unpaired) electrons. The normalized spacial score (nSPS) is 24.0. The zero-order valence-corrected chi connectivity index (χ0v) is 21.1. The van der Waals surface area contributed by atoms with Crippen molar-refractivity contribution in [2.24, 2.45) is 0 Å². The van der Waals surface area contributed by atoms with E-state index in [1.165, 1.54) is 24.5 Å². The van der Waals surface area contributed by atoms with Crippen molar-refractivity contribution in [2.45, 2.75) is 44.2 Å². The number of nitrogens with zero attached hydrogens (tertiary/aromatic N) is 3. The zero-order chi connectivity index (χ0) is 25.9. The quantitative estimate of drug-likeness (QED) is 0.507. The molecule has 3 amide bonds. The van der Waals surface area contributed by atoms with E-state index < -0.39 is 17.4 Å². The van der Waals surface area contributed by atoms with Crippen molar-refractivity contribution in [1.82, 2.24) is 19.7 Å². The van der Waals surface area contributed by atoms with Gasteiger partial charge in [0.25, 0.3) is 5.91 Å². The number of aromatic nitrogens is 1. The molecule has 0 bridgehead atoms. The third-order valence-corrected chi connectivity index (χ3v) is 8.21. The van der Waals surface area contributed by atoms with Gasteiger partial charge in [0, 0.05) is 42.2 Å². The maximum Gasteiger partial charge on any atom is 0.328 e. The van der Waals surface area contributed by atoms with Gasteiger partial charge in [-0.25, -0.2) is 9.18 Å². The van der Waals surface area contributed by atoms with Crippen LogP contribution >= 0.6 is 0 Å². The second-order valence-corrected chi connectivity index (χ2v) is 10.5. The van der Waals surface area contributed by atoms with E-state index in [-0.39, 0.29) is 29.9 Å². The molecule has 194 valence electrons. The predicted octanol–water partition coefficient (Wildman–Crippen LogP) is 4.18. The number of carbonyl (C=O) groups is 2. The van der Waals surface area contributed by atoms with Gasteiger partial charge >= 0.3 is 6.03 Å². The number of piperidine rings is 1. The zero-order valence-electron chi connectivity index (χ0n) is 21.1. The minimum atomic E-state index is -1.13. The smallest absolute Gasteiger partial charge is 0.328 e. The summed E-state index contributed by atoms with van der Waals surface area (Å²) in [5, 5.41) is 11.0. The number of aromatic amines is 1. The molecule has 1 unspecified atom stereocenters. The summed E-state index contributed by atoms with van der Waals surface area (Å²) in [5.41, 5.74) is 1.67. The molecule has 2 fully saturated rings. The number of methoxy groups -OCH3 is 1. The van der Waals surface area contributed by atoms with Gasteiger partial charge in [0.05, 0.1) is 7.11 Å². The number of amides is 3. The van der Waals surface area contributed by atoms with Crippen molar-refractivity contribution in [3.05, 3.63) is 59.0 Å². The fourth-order valence-corrected chi connectivity index (χ4v) is 6.34. The topological polar surface area (TPSA) is 89.1 Å². The summed E-state index contributed by atoms with van der Waals surface area (Å²) in [7, 11) is 1.42. The third kappa shape index (κ3) is 3.67. The minimum Gasteiger partial charge on any atom is -0.508 e. The molecule has 2 atom stereocenters. The number of aromatic hydroxyl groups is 1. The van der Waals surface area contributed by atoms with E-state index in [4.69, 9.17) is 4.74 Å². The molecule has 4 heterocycles. The van der Waals surface area contributed by atoms with Gasteiger partial charge in [-0.05, 0) is 62.2 Å². The number of phenolic OH excluding ortho intramolecular Hbond substituents is 1. The summed E-state index contributed by atoms with van der Waals surface area (Å²) < 4.78 is 19.8. The average Bonchev–Trinajstić information content (AvgIpc) is 3.32. The number of rotatable bonds is 5. The molecular formula is C28H31FN4O4. The Balaban J connectivity index is 1.46. The fraction of sp³-hybridized carbons (Fsp3) is 0.429. The number of ether oxygens (including phenoxy) is 1. The average molecular weight is 507 g/mol. The van der Waals surface area contributed by atoms with Gasteiger partial charge < -0.3 is 19.7 Å². The Morgan fingerprint density at radius 2 is 1.92 bits per heavy atom. The maximum absolute atomic E-state index is 14.6. The standard InChI is InChI=1S/C28H31FN4O4/c1-28-16-20-19-14-23(37-2)21(29)15-22(19)30-24(20)25(17-7-6-8-18(34)13-17)33(28)27(36)32(26(28)35)12-11-31-9-4-3-5-10-31/h6-8,13-15,25,30,34H,3-5,9-12,16H2,1-2H3/t25?,28-/m0/s1. The molecule has 2 N–H and O–H groups in total. The van der Waals surface area contributed by atoms with Crippen LogP contribution in [0.3, 0.4) is 0 Å². The lowest BCUT2D eigenvalue weighted by molar-refractivity contribution is -0.133. The van der Waals surface area contributed by atoms with Crippen LogP contribution in [0.5, 0.6) is 11.5 Å². The van der Waals surface area contributed by atoms with E-state index in [1.54, 1.807) is 29.2 Å². The van der Waals surface area contributed by atoms with Gasteiger partial charge in [-0.3, -0.25) is 14.6 Å². The molecule has 2 aromatic carbocycles. The van der Waals surface area contributed by atoms with Crippen molar-refractivity contribution in [3.8, 4) is 11.5 Å². The second-order valence-electron chi connectivity index (χ2n) is 10.5. The number of hydrogen-bond acceptors (Lipinski definition) is 5. The Morgan fingerprint density at radius 1 is 1.14 bits per heavy atom. The third-order valence-electron chi connectivity index (χ3n) is 8.21. The van der Waals surface area contributed by atoms with Crippen LogP contribution in [0, 0.1) is 5.82 Å². The minimum absolute atomic E-state index is 0.0649. The lowest BCUT2D eigenvalue weighted by atomic mass is 9.81. The highest BCUT2D eigenvalue weighted by Gasteiger charge is 2.60. The summed E-state index contributed by atoms with van der Waals surface area (Å²) in [6, 6.07) is 8.77. The predicted molar refractivity (Wildman–Crippen MR) is 136 cm³/mol. The van der Waals surface area contributed by atoms with E-state index in [1.807, 2.05) is 13.0 Å². The molecule has 3 aromatic rings. The van der Waals surface area contributed by atoms with E-state index in [2.05, 4.69) is 9.88 Å². The SMILES string of the molecule is COc1cc2c3c([nH]c2cc1F)C(c1cccc(O)c1)N1C(=O)N(CCN2CCCCC2)C(=O)[C@]1(C)C3. The van der Waals surface area contributed by atoms with Crippen LogP contribution < -0.4 is 4.74 Å². The number of H-pyrrole nitrogens is 1. The highest BCUT2D eigenvalue weighted by atomic mass is 19.1. The highest BCUT2D eigenvalue weighted by Crippen LogP contribution is 2.49. The van der Waals surface area contributed by atoms with Crippen LogP contribution in [-0.2, 0) is 11.2 Å². The number of nitrogens with one attached hydrogen (secondary N) is 1. The number of likely N-dealkylation sites (tertiary alicyclic amines) is 1. The summed E-state index contributed by atoms with van der Waals surface area (Å²) in [6.45, 7) is 4.77. The van der Waals surface area contributed by atoms with Crippen LogP contribution in [0.1, 0.15) is 49.0 Å². The van der Waals surface area contributed by atoms with Gasteiger partial charge in [0.2, 0.25) is 0 Å². The summed E-state index contributed by atoms with van der Waals surface area (Å²) in [4.78, 5) is 36.5. The summed E-state index contributed by atoms with van der Waals surface area (Å²) in [5.74, 6) is -0.540. The molecular weight excluding hydrogens is 475 g/mol. The van der Waals surface area contributed by atoms with Crippen molar-refractivity contribution in [2.75, 3.05) is 33.3 Å². The van der Waals surface area contributed by atoms with Crippen molar-refractivity contribution >= 4 is 22.8 Å². The van der Waals surface area contributed by atoms with Gasteiger partial charge in [0.15, 0.2) is 11.6 Å². The van der Waals surface area contributed by atoms with Crippen LogP contribution in [0.2, 0.25) is 0 Å². The number of fused-ring (bicyclic) bond motifs is 4. The number of benzene rings is 2. The van der Waals surface area contributed by atoms with Gasteiger partial charge in [-0.15, -0.1) is 0 Å². The van der Waals surface area contributed by atoms with Crippen LogP contribution in [0.4, 0.5) is 9.18 Å². The first-order valence-electron chi connectivity index (χ1n) is 12.9. The summed E-state index contributed by atoms with van der Waals surface area (Å²) >= 11 is 0. The molecule has 9 heteroatoms. The number of imide groups is 1. The molecule has 3 aliphatic heterocycles. The largest absolute Gasteiger partial charge is 0.508 e. The number of carbonyl (C=O) groups excluding carboxylic acids is 2. The van der Waals surface area contributed by atoms with Crippen molar-refractivity contribution < 1.29 is 23.8 Å². The lowest BCUT2D eigenvalue weighted by Gasteiger charge is -2.42. The molecule has 0 saturated carbocycles. The first-order chi connectivity index (χ1) is 17.8. The van der Waals surface area contributed by atoms with E-state index in [0.717, 1.165) is 36.9 Å². The Hall–Kier alpha value is -3.59. The summed E-state index contributed by atoms with van der Waals surface area (Å²) in [6.07, 6.45) is 3.78. The maximum atomic E-state index is 14.6. The number of phenols is 1. The molecule has 3 aliphatic rings. The Bertz CT molecular complexity index is 1400. The van der Waals surface area contributed by atoms with Gasteiger partial charge in [0.1, 0.15) is 17.3 Å². The van der Waals surface area contributed by atoms with Gasteiger partial charge in [-0.1, -0.05) is 18.6 Å². The molecule has 0 aliphatic carbocycles. The lowest BCUT2D eigenvalue weighted by Crippen LogP contribution is -2.53. The van der Waals surface area contributed by atoms with Crippen LogP contribution in [-0.4, -0.2) is 75.6 Å². The first-order valence-corrected chi connectivity index (χ1v) is 12.9. The van der Waals surface area contributed by atoms with E-state index in [9.17, 15) is 19.1 Å². The Labute approximate surface area is 214 Å². The molecule has 0 spiro atoms. The second kappa shape index (κ2) is 8.76. The molecule has 1 aromatic heterocycles. The Kier molecular flexibility index (Phi) is 5.63. The Morgan fingerprint density at radius 3 is 2.65 bits per heavy atom. The molecule has 8 nitrogen and oxygen atoms in total. The molecule has 6 rings (SSSR count). The van der Waals surface area contributed by atoms with E-state index >= 15 is 0 Å². The van der Waals surface area contributed by atoms with E-state index in [0.29, 0.717) is 29.9 Å². The molecule has 2 saturated heterocycles. The first kappa shape index (κ1) is 23.8. The fourth-order valence-electron chi connectivity index (χ4n) is 6.34. The highest BCUT2D eigenvalue weighted by molar-refractivity contribution is 6.08. The van der Waals surface area contributed by atoms with Gasteiger partial charge in [-0.2, -0.15) is 0 Å². The number of urea groups is 1. The number of hydrogen-bond donors (Lipinski definition) is 2. The monoisotopic (exact) mass is 506 g/mol. The van der Waals surface area contributed by atoms with Crippen LogP contribution in [0.25, 0.3) is 10.9 Å². The van der Waals surface area contributed by atoms with Crippen molar-refractivity contribution in [1.29, 1.82) is 0 Å².